The molecule has 3 aliphatic rings. The van der Waals surface area contributed by atoms with Gasteiger partial charge in [0.25, 0.3) is 5.91 Å². The Balaban J connectivity index is 0.908. The van der Waals surface area contributed by atoms with Gasteiger partial charge in [0.15, 0.2) is 5.69 Å². The van der Waals surface area contributed by atoms with E-state index in [2.05, 4.69) is 54.3 Å². The highest BCUT2D eigenvalue weighted by atomic mass is 19.4. The fourth-order valence-corrected chi connectivity index (χ4v) is 7.05. The van der Waals surface area contributed by atoms with Gasteiger partial charge in [-0.2, -0.15) is 18.2 Å². The molecular formula is C36H31F3N8O3. The summed E-state index contributed by atoms with van der Waals surface area (Å²) >= 11 is 0. The number of rotatable bonds is 7. The standard InChI is InChI=1S/C36H31F3N8O3/c37-36(38,39)29-20-46(21-41-29)35-40-13-12-30(42-35)45-16-14-44(15-17-45)19-23-6-4-22(5-7-23)18-24-8-9-27-32-25(24)2-1-3-26(32)34(50)47(27)28-10-11-31(48)43-33(28)49/h1-9,12-13,20-21,28H,10-11,14-19H2,(H,43,48,49)/t28-/m1/s1. The number of imidazole rings is 1. The Kier molecular flexibility index (Phi) is 7.82. The lowest BCUT2D eigenvalue weighted by atomic mass is 9.95. The van der Waals surface area contributed by atoms with E-state index in [9.17, 15) is 27.6 Å². The second-order valence-electron chi connectivity index (χ2n) is 12.7. The van der Waals surface area contributed by atoms with Crippen LogP contribution in [0, 0.1) is 0 Å². The van der Waals surface area contributed by atoms with Crippen LogP contribution < -0.4 is 15.1 Å². The number of carbonyl (C=O) groups excluding carboxylic acids is 3. The number of carbonyl (C=O) groups is 3. The summed E-state index contributed by atoms with van der Waals surface area (Å²) in [5.41, 5.74) is 3.66. The Labute approximate surface area is 284 Å². The number of nitrogens with one attached hydrogen (secondary N) is 1. The van der Waals surface area contributed by atoms with E-state index < -0.39 is 23.8 Å². The zero-order chi connectivity index (χ0) is 34.6. The minimum Gasteiger partial charge on any atom is -0.354 e. The van der Waals surface area contributed by atoms with Gasteiger partial charge in [-0.15, -0.1) is 0 Å². The molecule has 0 unspecified atom stereocenters. The first-order chi connectivity index (χ1) is 24.1. The number of piperazine rings is 1. The van der Waals surface area contributed by atoms with Gasteiger partial charge in [-0.3, -0.25) is 34.1 Å². The Morgan fingerprint density at radius 3 is 2.40 bits per heavy atom. The van der Waals surface area contributed by atoms with Crippen molar-refractivity contribution in [2.75, 3.05) is 36.0 Å². The van der Waals surface area contributed by atoms with Crippen LogP contribution in [0.2, 0.25) is 0 Å². The second-order valence-corrected chi connectivity index (χ2v) is 12.7. The minimum absolute atomic E-state index is 0.132. The summed E-state index contributed by atoms with van der Waals surface area (Å²) in [6.07, 6.45) is 0.116. The largest absolute Gasteiger partial charge is 0.434 e. The number of imide groups is 1. The molecule has 3 aromatic carbocycles. The molecular weight excluding hydrogens is 649 g/mol. The number of nitrogens with zero attached hydrogens (tertiary/aromatic N) is 7. The van der Waals surface area contributed by atoms with Crippen molar-refractivity contribution in [1.82, 2.24) is 29.7 Å². The number of hydrogen-bond donors (Lipinski definition) is 1. The van der Waals surface area contributed by atoms with E-state index in [-0.39, 0.29) is 24.2 Å². The molecule has 254 valence electrons. The molecule has 2 saturated heterocycles. The van der Waals surface area contributed by atoms with E-state index in [1.165, 1.54) is 16.3 Å². The number of amides is 3. The van der Waals surface area contributed by atoms with Gasteiger partial charge in [0.2, 0.25) is 17.8 Å². The summed E-state index contributed by atoms with van der Waals surface area (Å²) in [4.78, 5) is 55.9. The molecule has 2 fully saturated rings. The molecule has 14 heteroatoms. The average molecular weight is 681 g/mol. The summed E-state index contributed by atoms with van der Waals surface area (Å²) in [5.74, 6) is -0.199. The van der Waals surface area contributed by atoms with Gasteiger partial charge in [-0.1, -0.05) is 42.5 Å². The van der Waals surface area contributed by atoms with Crippen molar-refractivity contribution < 1.29 is 27.6 Å². The molecule has 50 heavy (non-hydrogen) atoms. The van der Waals surface area contributed by atoms with Crippen LogP contribution in [-0.2, 0) is 28.7 Å². The van der Waals surface area contributed by atoms with E-state index in [0.29, 0.717) is 43.0 Å². The van der Waals surface area contributed by atoms with Crippen molar-refractivity contribution >= 4 is 40.0 Å². The van der Waals surface area contributed by atoms with Crippen LogP contribution in [0.1, 0.15) is 45.6 Å². The van der Waals surface area contributed by atoms with Crippen LogP contribution in [0.15, 0.2) is 79.4 Å². The van der Waals surface area contributed by atoms with E-state index in [0.717, 1.165) is 54.1 Å². The summed E-state index contributed by atoms with van der Waals surface area (Å²) in [5, 5.41) is 4.18. The van der Waals surface area contributed by atoms with Gasteiger partial charge in [0.1, 0.15) is 18.2 Å². The van der Waals surface area contributed by atoms with E-state index in [1.54, 1.807) is 17.0 Å². The molecule has 3 aliphatic heterocycles. The molecule has 0 saturated carbocycles. The molecule has 8 rings (SSSR count). The molecule has 5 aromatic rings. The lowest BCUT2D eigenvalue weighted by Gasteiger charge is -2.35. The third-order valence-corrected chi connectivity index (χ3v) is 9.59. The highest BCUT2D eigenvalue weighted by molar-refractivity contribution is 6.27. The molecule has 1 N–H and O–H groups in total. The minimum atomic E-state index is -4.54. The van der Waals surface area contributed by atoms with Crippen LogP contribution in [0.4, 0.5) is 24.7 Å². The van der Waals surface area contributed by atoms with Crippen molar-refractivity contribution in [3.05, 3.63) is 107 Å². The molecule has 1 atom stereocenters. The zero-order valence-corrected chi connectivity index (χ0v) is 26.7. The quantitative estimate of drug-likeness (QED) is 0.250. The van der Waals surface area contributed by atoms with E-state index in [4.69, 9.17) is 0 Å². The maximum Gasteiger partial charge on any atom is 0.434 e. The monoisotopic (exact) mass is 680 g/mol. The van der Waals surface area contributed by atoms with E-state index >= 15 is 0 Å². The van der Waals surface area contributed by atoms with Crippen LogP contribution in [-0.4, -0.2) is 74.4 Å². The number of piperidine rings is 1. The Morgan fingerprint density at radius 1 is 0.880 bits per heavy atom. The first-order valence-electron chi connectivity index (χ1n) is 16.3. The van der Waals surface area contributed by atoms with Crippen LogP contribution in [0.25, 0.3) is 16.7 Å². The molecule has 2 aromatic heterocycles. The summed E-state index contributed by atoms with van der Waals surface area (Å²) in [6, 6.07) is 19.1. The fraction of sp³-hybridized carbons (Fsp3) is 0.278. The molecule has 0 aliphatic carbocycles. The third-order valence-electron chi connectivity index (χ3n) is 9.59. The van der Waals surface area contributed by atoms with Gasteiger partial charge in [0.05, 0.1) is 5.69 Å². The Morgan fingerprint density at radius 2 is 1.66 bits per heavy atom. The van der Waals surface area contributed by atoms with Gasteiger partial charge in [-0.25, -0.2) is 9.97 Å². The number of anilines is 2. The van der Waals surface area contributed by atoms with Gasteiger partial charge in [-0.05, 0) is 53.1 Å². The fourth-order valence-electron chi connectivity index (χ4n) is 7.05. The number of hydrogen-bond acceptors (Lipinski definition) is 8. The lowest BCUT2D eigenvalue weighted by Crippen LogP contribution is -2.53. The third kappa shape index (κ3) is 5.85. The average Bonchev–Trinajstić information content (AvgIpc) is 3.72. The number of alkyl halides is 3. The predicted molar refractivity (Wildman–Crippen MR) is 178 cm³/mol. The summed E-state index contributed by atoms with van der Waals surface area (Å²) in [6.45, 7) is 3.78. The molecule has 0 radical (unpaired) electrons. The first kappa shape index (κ1) is 31.6. The molecule has 3 amide bonds. The smallest absolute Gasteiger partial charge is 0.354 e. The normalized spacial score (nSPS) is 18.3. The van der Waals surface area contributed by atoms with Crippen molar-refractivity contribution in [3.8, 4) is 5.95 Å². The SMILES string of the molecule is O=C1CC[C@@H](N2C(=O)c3cccc4c(Cc5ccc(CN6CCN(c7ccnc(-n8cnc(C(F)(F)F)c8)n7)CC6)cc5)ccc2c34)C(=O)N1. The van der Waals surface area contributed by atoms with Crippen LogP contribution in [0.3, 0.4) is 0 Å². The van der Waals surface area contributed by atoms with Crippen LogP contribution >= 0.6 is 0 Å². The highest BCUT2D eigenvalue weighted by Crippen LogP contribution is 2.41. The maximum atomic E-state index is 13.5. The number of aromatic nitrogens is 4. The van der Waals surface area contributed by atoms with Crippen molar-refractivity contribution in [2.24, 2.45) is 0 Å². The number of benzene rings is 3. The number of halogens is 3. The van der Waals surface area contributed by atoms with Crippen LogP contribution in [0.5, 0.6) is 0 Å². The summed E-state index contributed by atoms with van der Waals surface area (Å²) < 4.78 is 40.2. The zero-order valence-electron chi connectivity index (χ0n) is 26.7. The van der Waals surface area contributed by atoms with E-state index in [1.807, 2.05) is 24.3 Å². The second kappa shape index (κ2) is 12.4. The lowest BCUT2D eigenvalue weighted by molar-refractivity contribution is -0.141. The molecule has 0 bridgehead atoms. The van der Waals surface area contributed by atoms with Crippen molar-refractivity contribution in [2.45, 2.75) is 38.0 Å². The molecule has 0 spiro atoms. The van der Waals surface area contributed by atoms with Gasteiger partial charge < -0.3 is 4.90 Å². The Bertz CT molecular complexity index is 2140. The highest BCUT2D eigenvalue weighted by Gasteiger charge is 2.41. The Hall–Kier alpha value is -5.63. The topological polar surface area (TPSA) is 117 Å². The maximum absolute atomic E-state index is 13.5. The molecule has 5 heterocycles. The first-order valence-corrected chi connectivity index (χ1v) is 16.3. The van der Waals surface area contributed by atoms with Gasteiger partial charge >= 0.3 is 6.18 Å². The van der Waals surface area contributed by atoms with Crippen molar-refractivity contribution in [3.63, 3.8) is 0 Å². The summed E-state index contributed by atoms with van der Waals surface area (Å²) in [7, 11) is 0. The predicted octanol–water partition coefficient (Wildman–Crippen LogP) is 4.51. The van der Waals surface area contributed by atoms with Gasteiger partial charge in [0, 0.05) is 62.5 Å². The molecule has 11 nitrogen and oxygen atoms in total. The van der Waals surface area contributed by atoms with Crippen molar-refractivity contribution in [1.29, 1.82) is 0 Å².